The fourth-order valence-corrected chi connectivity index (χ4v) is 2.77. The van der Waals surface area contributed by atoms with E-state index in [9.17, 15) is 4.79 Å². The maximum absolute atomic E-state index is 11.8. The summed E-state index contributed by atoms with van der Waals surface area (Å²) in [5, 5.41) is 4.80. The summed E-state index contributed by atoms with van der Waals surface area (Å²) in [6.07, 6.45) is 1.62. The summed E-state index contributed by atoms with van der Waals surface area (Å²) >= 11 is 4.97. The molecule has 0 aliphatic heterocycles. The van der Waals surface area contributed by atoms with Gasteiger partial charge in [0.05, 0.1) is 6.54 Å². The van der Waals surface area contributed by atoms with Crippen LogP contribution in [0.2, 0.25) is 0 Å². The lowest BCUT2D eigenvalue weighted by Gasteiger charge is -2.03. The minimum absolute atomic E-state index is 0.178. The van der Waals surface area contributed by atoms with Crippen LogP contribution in [-0.4, -0.2) is 10.9 Å². The molecule has 2 rings (SSSR count). The van der Waals surface area contributed by atoms with Gasteiger partial charge in [-0.2, -0.15) is 0 Å². The Balaban J connectivity index is 1.94. The van der Waals surface area contributed by atoms with Crippen molar-refractivity contribution in [1.29, 1.82) is 0 Å². The van der Waals surface area contributed by atoms with Crippen LogP contribution in [0.5, 0.6) is 0 Å². The average Bonchev–Trinajstić information content (AvgIpc) is 2.82. The van der Waals surface area contributed by atoms with Crippen LogP contribution in [0.4, 0.5) is 0 Å². The number of carbonyl (C=O) groups is 1. The molecular formula is C12H12BrN3OS. The van der Waals surface area contributed by atoms with Crippen LogP contribution < -0.4 is 11.1 Å². The second kappa shape index (κ2) is 6.08. The number of nitrogens with two attached hydrogens (primary N) is 1. The molecular weight excluding hydrogens is 314 g/mol. The summed E-state index contributed by atoms with van der Waals surface area (Å²) in [6, 6.07) is 5.47. The molecule has 1 amide bonds. The van der Waals surface area contributed by atoms with E-state index in [4.69, 9.17) is 5.73 Å². The minimum atomic E-state index is -0.178. The molecule has 0 bridgehead atoms. The number of carbonyl (C=O) groups excluding carboxylic acids is 1. The van der Waals surface area contributed by atoms with E-state index in [1.807, 2.05) is 17.5 Å². The molecule has 94 valence electrons. The van der Waals surface area contributed by atoms with Crippen LogP contribution in [0.25, 0.3) is 0 Å². The Bertz CT molecular complexity index is 539. The molecule has 4 nitrogen and oxygen atoms in total. The lowest BCUT2D eigenvalue weighted by Crippen LogP contribution is -2.23. The predicted octanol–water partition coefficient (Wildman–Crippen LogP) is 2.29. The monoisotopic (exact) mass is 325 g/mol. The van der Waals surface area contributed by atoms with Gasteiger partial charge in [-0.25, -0.2) is 0 Å². The first-order chi connectivity index (χ1) is 8.69. The molecule has 2 aromatic heterocycles. The zero-order valence-corrected chi connectivity index (χ0v) is 11.9. The van der Waals surface area contributed by atoms with E-state index < -0.39 is 0 Å². The SMILES string of the molecule is NCc1ccc(C(=O)NCc2cc(Br)cs2)nc1. The Morgan fingerprint density at radius 2 is 2.33 bits per heavy atom. The van der Waals surface area contributed by atoms with Crippen LogP contribution in [0.15, 0.2) is 34.2 Å². The third-order valence-corrected chi connectivity index (χ3v) is 4.04. The van der Waals surface area contributed by atoms with Crippen molar-refractivity contribution in [2.45, 2.75) is 13.1 Å². The van der Waals surface area contributed by atoms with Crippen molar-refractivity contribution >= 4 is 33.2 Å². The van der Waals surface area contributed by atoms with E-state index >= 15 is 0 Å². The number of aromatic nitrogens is 1. The first-order valence-electron chi connectivity index (χ1n) is 5.35. The molecule has 0 spiro atoms. The Morgan fingerprint density at radius 3 is 2.89 bits per heavy atom. The van der Waals surface area contributed by atoms with Gasteiger partial charge in [0.1, 0.15) is 5.69 Å². The van der Waals surface area contributed by atoms with Crippen molar-refractivity contribution in [2.75, 3.05) is 0 Å². The van der Waals surface area contributed by atoms with Crippen molar-refractivity contribution in [3.63, 3.8) is 0 Å². The smallest absolute Gasteiger partial charge is 0.270 e. The first kappa shape index (κ1) is 13.2. The topological polar surface area (TPSA) is 68.0 Å². The highest BCUT2D eigenvalue weighted by Crippen LogP contribution is 2.19. The zero-order chi connectivity index (χ0) is 13.0. The molecule has 0 aromatic carbocycles. The third-order valence-electron chi connectivity index (χ3n) is 2.34. The van der Waals surface area contributed by atoms with Crippen LogP contribution in [-0.2, 0) is 13.1 Å². The minimum Gasteiger partial charge on any atom is -0.346 e. The predicted molar refractivity (Wildman–Crippen MR) is 75.3 cm³/mol. The molecule has 0 atom stereocenters. The number of nitrogens with one attached hydrogen (secondary N) is 1. The molecule has 0 radical (unpaired) electrons. The third kappa shape index (κ3) is 3.38. The highest BCUT2D eigenvalue weighted by Gasteiger charge is 2.07. The number of thiophene rings is 1. The second-order valence-electron chi connectivity index (χ2n) is 3.67. The molecule has 2 aromatic rings. The van der Waals surface area contributed by atoms with Gasteiger partial charge in [-0.05, 0) is 33.6 Å². The van der Waals surface area contributed by atoms with Gasteiger partial charge in [0.2, 0.25) is 0 Å². The van der Waals surface area contributed by atoms with Crippen molar-refractivity contribution in [3.8, 4) is 0 Å². The molecule has 0 aliphatic rings. The number of rotatable bonds is 4. The van der Waals surface area contributed by atoms with Crippen molar-refractivity contribution in [3.05, 3.63) is 50.4 Å². The standard InChI is InChI=1S/C12H12BrN3OS/c13-9-3-10(18-7-9)6-16-12(17)11-2-1-8(4-14)5-15-11/h1-3,5,7H,4,6,14H2,(H,16,17). The van der Waals surface area contributed by atoms with Crippen molar-refractivity contribution in [2.24, 2.45) is 5.73 Å². The van der Waals surface area contributed by atoms with E-state index in [-0.39, 0.29) is 5.91 Å². The highest BCUT2D eigenvalue weighted by molar-refractivity contribution is 9.10. The summed E-state index contributed by atoms with van der Waals surface area (Å²) in [4.78, 5) is 17.0. The summed E-state index contributed by atoms with van der Waals surface area (Å²) in [7, 11) is 0. The number of amides is 1. The summed E-state index contributed by atoms with van der Waals surface area (Å²) in [5.74, 6) is -0.178. The van der Waals surface area contributed by atoms with E-state index in [1.165, 1.54) is 0 Å². The lowest BCUT2D eigenvalue weighted by molar-refractivity contribution is 0.0946. The molecule has 18 heavy (non-hydrogen) atoms. The lowest BCUT2D eigenvalue weighted by atomic mass is 10.2. The molecule has 0 aliphatic carbocycles. The Labute approximate surface area is 117 Å². The fraction of sp³-hybridized carbons (Fsp3) is 0.167. The van der Waals surface area contributed by atoms with Gasteiger partial charge in [-0.15, -0.1) is 11.3 Å². The van der Waals surface area contributed by atoms with Crippen molar-refractivity contribution < 1.29 is 4.79 Å². The van der Waals surface area contributed by atoms with E-state index in [0.29, 0.717) is 18.8 Å². The molecule has 3 N–H and O–H groups in total. The van der Waals surface area contributed by atoms with Crippen LogP contribution >= 0.6 is 27.3 Å². The van der Waals surface area contributed by atoms with E-state index in [0.717, 1.165) is 14.9 Å². The van der Waals surface area contributed by atoms with Gasteiger partial charge in [0, 0.05) is 27.5 Å². The Hall–Kier alpha value is -1.24. The number of halogens is 1. The molecule has 0 saturated carbocycles. The summed E-state index contributed by atoms with van der Waals surface area (Å²) in [6.45, 7) is 0.938. The first-order valence-corrected chi connectivity index (χ1v) is 7.02. The number of hydrogen-bond acceptors (Lipinski definition) is 4. The number of hydrogen-bond donors (Lipinski definition) is 2. The van der Waals surface area contributed by atoms with E-state index in [2.05, 4.69) is 26.2 Å². The highest BCUT2D eigenvalue weighted by atomic mass is 79.9. The maximum atomic E-state index is 11.8. The van der Waals surface area contributed by atoms with Gasteiger partial charge < -0.3 is 11.1 Å². The summed E-state index contributed by atoms with van der Waals surface area (Å²) in [5.41, 5.74) is 6.79. The van der Waals surface area contributed by atoms with E-state index in [1.54, 1.807) is 23.6 Å². The Kier molecular flexibility index (Phi) is 4.46. The van der Waals surface area contributed by atoms with Crippen molar-refractivity contribution in [1.82, 2.24) is 10.3 Å². The average molecular weight is 326 g/mol. The molecule has 0 fully saturated rings. The quantitative estimate of drug-likeness (QED) is 0.906. The molecule has 2 heterocycles. The zero-order valence-electron chi connectivity index (χ0n) is 9.52. The van der Waals surface area contributed by atoms with Gasteiger partial charge in [-0.3, -0.25) is 9.78 Å². The normalized spacial score (nSPS) is 10.3. The van der Waals surface area contributed by atoms with Crippen LogP contribution in [0.3, 0.4) is 0 Å². The Morgan fingerprint density at radius 1 is 1.50 bits per heavy atom. The second-order valence-corrected chi connectivity index (χ2v) is 5.58. The largest absolute Gasteiger partial charge is 0.346 e. The maximum Gasteiger partial charge on any atom is 0.270 e. The molecule has 0 saturated heterocycles. The molecule has 6 heteroatoms. The fourth-order valence-electron chi connectivity index (χ4n) is 1.38. The van der Waals surface area contributed by atoms with Crippen LogP contribution in [0, 0.1) is 0 Å². The number of nitrogens with zero attached hydrogens (tertiary/aromatic N) is 1. The van der Waals surface area contributed by atoms with Gasteiger partial charge in [0.25, 0.3) is 5.91 Å². The van der Waals surface area contributed by atoms with Crippen LogP contribution in [0.1, 0.15) is 20.9 Å². The molecule has 0 unspecified atom stereocenters. The van der Waals surface area contributed by atoms with Gasteiger partial charge >= 0.3 is 0 Å². The number of pyridine rings is 1. The summed E-state index contributed by atoms with van der Waals surface area (Å²) < 4.78 is 1.03. The van der Waals surface area contributed by atoms with Gasteiger partial charge in [-0.1, -0.05) is 6.07 Å². The van der Waals surface area contributed by atoms with Gasteiger partial charge in [0.15, 0.2) is 0 Å².